The number of benzene rings is 8. The van der Waals surface area contributed by atoms with Gasteiger partial charge in [-0.1, -0.05) is 91.0 Å². The van der Waals surface area contributed by atoms with Crippen LogP contribution in [0.4, 0.5) is 27.6 Å². The fourth-order valence-corrected chi connectivity index (χ4v) is 8.53. The van der Waals surface area contributed by atoms with Crippen molar-refractivity contribution in [1.29, 1.82) is 10.5 Å². The zero-order valence-electron chi connectivity index (χ0n) is 31.5. The molecule has 0 saturated heterocycles. The number of aromatic nitrogens is 2. The maximum atomic E-state index is 15.9. The van der Waals surface area contributed by atoms with Gasteiger partial charge in [0.15, 0.2) is 29.0 Å². The summed E-state index contributed by atoms with van der Waals surface area (Å²) in [6.45, 7) is 7.75. The van der Waals surface area contributed by atoms with E-state index in [4.69, 9.17) is 6.57 Å². The lowest BCUT2D eigenvalue weighted by atomic mass is 9.98. The smallest absolute Gasteiger partial charge is 0.200 e. The van der Waals surface area contributed by atoms with Crippen LogP contribution >= 0.6 is 0 Å². The van der Waals surface area contributed by atoms with Gasteiger partial charge in [0.1, 0.15) is 11.6 Å². The van der Waals surface area contributed by atoms with Crippen LogP contribution in [0, 0.1) is 58.3 Å². The third-order valence-corrected chi connectivity index (χ3v) is 11.2. The van der Waals surface area contributed by atoms with Crippen molar-refractivity contribution >= 4 is 49.3 Å². The van der Waals surface area contributed by atoms with Crippen LogP contribution in [0.1, 0.15) is 11.1 Å². The molecule has 0 radical (unpaired) electrons. The molecule has 61 heavy (non-hydrogen) atoms. The van der Waals surface area contributed by atoms with Crippen molar-refractivity contribution in [1.82, 2.24) is 9.13 Å². The molecule has 2 aromatic heterocycles. The zero-order chi connectivity index (χ0) is 42.1. The minimum Gasteiger partial charge on any atom is -0.308 e. The largest absolute Gasteiger partial charge is 0.308 e. The van der Waals surface area contributed by atoms with Gasteiger partial charge in [0.2, 0.25) is 5.82 Å². The van der Waals surface area contributed by atoms with Crippen LogP contribution in [0.25, 0.3) is 93.2 Å². The lowest BCUT2D eigenvalue weighted by Gasteiger charge is -2.19. The molecular weight excluding hydrogens is 778 g/mol. The quantitative estimate of drug-likeness (QED) is 0.0753. The molecule has 0 amide bonds. The first-order valence-corrected chi connectivity index (χ1v) is 18.9. The highest BCUT2D eigenvalue weighted by Crippen LogP contribution is 2.43. The number of nitriles is 2. The van der Waals surface area contributed by atoms with Crippen LogP contribution in [0.2, 0.25) is 0 Å². The third kappa shape index (κ3) is 5.49. The van der Waals surface area contributed by atoms with Crippen molar-refractivity contribution in [3.8, 4) is 56.9 Å². The van der Waals surface area contributed by atoms with Crippen LogP contribution in [-0.4, -0.2) is 9.13 Å². The van der Waals surface area contributed by atoms with Crippen molar-refractivity contribution in [2.24, 2.45) is 0 Å². The Morgan fingerprint density at radius 3 is 1.44 bits per heavy atom. The second-order valence-corrected chi connectivity index (χ2v) is 14.4. The summed E-state index contributed by atoms with van der Waals surface area (Å²) in [4.78, 5) is 3.70. The second-order valence-electron chi connectivity index (χ2n) is 14.4. The monoisotopic (exact) mass is 801 g/mol. The Morgan fingerprint density at radius 1 is 0.443 bits per heavy atom. The predicted octanol–water partition coefficient (Wildman–Crippen LogP) is 13.9. The van der Waals surface area contributed by atoms with E-state index in [9.17, 15) is 14.9 Å². The molecule has 8 aromatic carbocycles. The first-order valence-electron chi connectivity index (χ1n) is 18.9. The second kappa shape index (κ2) is 14.1. The molecule has 0 bridgehead atoms. The van der Waals surface area contributed by atoms with E-state index in [1.54, 1.807) is 45.5 Å². The average Bonchev–Trinajstić information content (AvgIpc) is 3.82. The summed E-state index contributed by atoms with van der Waals surface area (Å²) in [5.74, 6) is -10.5. The zero-order valence-corrected chi connectivity index (χ0v) is 31.5. The molecular formula is C51H24F5N5. The highest BCUT2D eigenvalue weighted by atomic mass is 19.2. The normalized spacial score (nSPS) is 11.3. The van der Waals surface area contributed by atoms with E-state index < -0.39 is 34.6 Å². The molecule has 0 aliphatic carbocycles. The van der Waals surface area contributed by atoms with E-state index in [0.717, 1.165) is 32.7 Å². The molecule has 0 spiro atoms. The Bertz CT molecular complexity index is 3430. The fraction of sp³-hybridized carbons (Fsp3) is 0. The van der Waals surface area contributed by atoms with E-state index >= 15 is 17.6 Å². The molecule has 0 fully saturated rings. The maximum absolute atomic E-state index is 15.9. The van der Waals surface area contributed by atoms with Gasteiger partial charge in [-0.05, 0) is 82.4 Å². The van der Waals surface area contributed by atoms with Crippen LogP contribution < -0.4 is 0 Å². The minimum absolute atomic E-state index is 0.0410. The highest BCUT2D eigenvalue weighted by molar-refractivity contribution is 6.13. The van der Waals surface area contributed by atoms with E-state index in [2.05, 4.69) is 17.0 Å². The van der Waals surface area contributed by atoms with Crippen molar-refractivity contribution in [2.45, 2.75) is 0 Å². The molecule has 10 aromatic rings. The van der Waals surface area contributed by atoms with Gasteiger partial charge < -0.3 is 9.13 Å². The van der Waals surface area contributed by atoms with Crippen LogP contribution in [0.3, 0.4) is 0 Å². The number of nitrogens with zero attached hydrogens (tertiary/aromatic N) is 5. The molecule has 10 rings (SSSR count). The first-order chi connectivity index (χ1) is 29.7. The van der Waals surface area contributed by atoms with Crippen LogP contribution in [0.5, 0.6) is 0 Å². The van der Waals surface area contributed by atoms with Gasteiger partial charge in [0.25, 0.3) is 0 Å². The number of hydrogen-bond acceptors (Lipinski definition) is 2. The van der Waals surface area contributed by atoms with Gasteiger partial charge in [-0.25, -0.2) is 26.8 Å². The standard InChI is InChI=1S/C51H24F5N5/c1-59-39-15-7-4-12-33(39)29-19-21-43-37(23-29)35-14-6-9-17-41(35)61(43)45-25-31(46-47(52)49(54)51(56)50(55)48(46)53)24-44(38(45)27-58)60-40-16-8-5-13-34(40)36-22-28(18-20-42(36)60)32-11-3-2-10-30(32)26-57/h2-25H. The Hall–Kier alpha value is -8.52. The molecule has 0 aliphatic heterocycles. The maximum Gasteiger partial charge on any atom is 0.200 e. The first kappa shape index (κ1) is 36.8. The Labute approximate surface area is 344 Å². The van der Waals surface area contributed by atoms with Crippen LogP contribution in [-0.2, 0) is 0 Å². The molecule has 0 saturated carbocycles. The van der Waals surface area contributed by atoms with Gasteiger partial charge in [0, 0.05) is 21.5 Å². The number of halogens is 5. The fourth-order valence-electron chi connectivity index (χ4n) is 8.53. The lowest BCUT2D eigenvalue weighted by molar-refractivity contribution is 0.381. The topological polar surface area (TPSA) is 61.8 Å². The molecule has 0 aliphatic rings. The van der Waals surface area contributed by atoms with Crippen molar-refractivity contribution in [2.75, 3.05) is 0 Å². The summed E-state index contributed by atoms with van der Waals surface area (Å²) in [5.41, 5.74) is 4.89. The number of rotatable bonds is 5. The Morgan fingerprint density at radius 2 is 0.902 bits per heavy atom. The lowest BCUT2D eigenvalue weighted by Crippen LogP contribution is -2.08. The molecule has 0 unspecified atom stereocenters. The van der Waals surface area contributed by atoms with Crippen LogP contribution in [0.15, 0.2) is 146 Å². The molecule has 0 N–H and O–H groups in total. The molecule has 5 nitrogen and oxygen atoms in total. The third-order valence-electron chi connectivity index (χ3n) is 11.2. The number of fused-ring (bicyclic) bond motifs is 6. The summed E-state index contributed by atoms with van der Waals surface area (Å²) >= 11 is 0. The van der Waals surface area contributed by atoms with Crippen molar-refractivity contribution < 1.29 is 22.0 Å². The van der Waals surface area contributed by atoms with Gasteiger partial charge >= 0.3 is 0 Å². The summed E-state index contributed by atoms with van der Waals surface area (Å²) in [5, 5.41) is 24.0. The molecule has 0 atom stereocenters. The van der Waals surface area contributed by atoms with E-state index in [1.807, 2.05) is 97.1 Å². The minimum atomic E-state index is -2.29. The summed E-state index contributed by atoms with van der Waals surface area (Å²) in [6, 6.07) is 47.3. The molecule has 10 heteroatoms. The van der Waals surface area contributed by atoms with E-state index in [-0.39, 0.29) is 22.5 Å². The van der Waals surface area contributed by atoms with Gasteiger partial charge in [0.05, 0.1) is 57.2 Å². The Balaban J connectivity index is 1.34. The predicted molar refractivity (Wildman–Crippen MR) is 227 cm³/mol. The summed E-state index contributed by atoms with van der Waals surface area (Å²) in [7, 11) is 0. The molecule has 2 heterocycles. The number of para-hydroxylation sites is 3. The average molecular weight is 802 g/mol. The van der Waals surface area contributed by atoms with Crippen molar-refractivity contribution in [3.63, 3.8) is 0 Å². The highest BCUT2D eigenvalue weighted by Gasteiger charge is 2.30. The summed E-state index contributed by atoms with van der Waals surface area (Å²) < 4.78 is 79.9. The van der Waals surface area contributed by atoms with Gasteiger partial charge in [-0.2, -0.15) is 10.5 Å². The molecule has 288 valence electrons. The Kier molecular flexibility index (Phi) is 8.50. The van der Waals surface area contributed by atoms with E-state index in [1.165, 1.54) is 12.1 Å². The van der Waals surface area contributed by atoms with E-state index in [0.29, 0.717) is 44.4 Å². The van der Waals surface area contributed by atoms with Crippen molar-refractivity contribution in [3.05, 3.63) is 197 Å². The van der Waals surface area contributed by atoms with Gasteiger partial charge in [-0.15, -0.1) is 0 Å². The number of hydrogen-bond donors (Lipinski definition) is 0. The van der Waals surface area contributed by atoms with Gasteiger partial charge in [-0.3, -0.25) is 0 Å². The summed E-state index contributed by atoms with van der Waals surface area (Å²) in [6.07, 6.45) is 0. The SMILES string of the molecule is [C-]#[N+]c1ccccc1-c1ccc2c(c1)c1ccccc1n2-c1cc(-c2c(F)c(F)c(F)c(F)c2F)cc(-n2c3ccccc3c3cc(-c4ccccc4C#N)ccc32)c1C#N.